The molecule has 1 heterocycles. The highest BCUT2D eigenvalue weighted by Gasteiger charge is 2.17. The second-order valence-corrected chi connectivity index (χ2v) is 6.38. The Hall–Kier alpha value is -3.37. The van der Waals surface area contributed by atoms with Crippen LogP contribution in [0.25, 0.3) is 16.5 Å². The minimum Gasteiger partial charge on any atom is -0.423 e. The molecule has 4 rings (SSSR count). The van der Waals surface area contributed by atoms with Crippen LogP contribution in [0, 0.1) is 0 Å². The van der Waals surface area contributed by atoms with Crippen molar-refractivity contribution in [1.29, 1.82) is 0 Å². The summed E-state index contributed by atoms with van der Waals surface area (Å²) in [5.41, 5.74) is 0.644. The summed E-state index contributed by atoms with van der Waals surface area (Å²) in [5, 5.41) is 1.47. The maximum atomic E-state index is 12.9. The zero-order valence-electron chi connectivity index (χ0n) is 14.1. The number of hydrogen-bond donors (Lipinski definition) is 0. The number of rotatable bonds is 3. The van der Waals surface area contributed by atoms with Crippen LogP contribution in [0.1, 0.15) is 10.4 Å². The predicted molar refractivity (Wildman–Crippen MR) is 106 cm³/mol. The van der Waals surface area contributed by atoms with E-state index in [1.54, 1.807) is 72.8 Å². The molecule has 0 aliphatic heterocycles. The molecule has 0 saturated carbocycles. The lowest BCUT2D eigenvalue weighted by Gasteiger charge is -2.12. The van der Waals surface area contributed by atoms with Crippen LogP contribution in [0.4, 0.5) is 0 Å². The highest BCUT2D eigenvalue weighted by Crippen LogP contribution is 2.21. The van der Waals surface area contributed by atoms with Crippen molar-refractivity contribution in [3.63, 3.8) is 0 Å². The summed E-state index contributed by atoms with van der Waals surface area (Å²) < 4.78 is 6.90. The molecular formula is C22H14ClNO3. The third kappa shape index (κ3) is 3.35. The zero-order chi connectivity index (χ0) is 18.8. The molecular weight excluding hydrogens is 362 g/mol. The third-order valence-corrected chi connectivity index (χ3v) is 4.42. The summed E-state index contributed by atoms with van der Waals surface area (Å²) in [4.78, 5) is 25.8. The minimum absolute atomic E-state index is 0.232. The number of carbonyl (C=O) groups excluding carboxylic acids is 1. The summed E-state index contributed by atoms with van der Waals surface area (Å²) in [6.07, 6.45) is 1.50. The molecule has 0 aliphatic rings. The highest BCUT2D eigenvalue weighted by molar-refractivity contribution is 6.30. The van der Waals surface area contributed by atoms with Crippen molar-refractivity contribution < 1.29 is 9.53 Å². The SMILES string of the molecule is O=C(Oc1ccccc1)c1cn(-c2cccc(Cl)c2)c(=O)c2ccccc12. The fourth-order valence-electron chi connectivity index (χ4n) is 2.92. The Morgan fingerprint density at radius 1 is 0.852 bits per heavy atom. The molecule has 1 aromatic heterocycles. The molecule has 0 fully saturated rings. The molecule has 4 nitrogen and oxygen atoms in total. The van der Waals surface area contributed by atoms with E-state index >= 15 is 0 Å². The maximum absolute atomic E-state index is 12.9. The van der Waals surface area contributed by atoms with Gasteiger partial charge in [0.15, 0.2) is 0 Å². The Morgan fingerprint density at radius 2 is 1.56 bits per heavy atom. The van der Waals surface area contributed by atoms with Gasteiger partial charge in [0.1, 0.15) is 5.75 Å². The van der Waals surface area contributed by atoms with Gasteiger partial charge in [0.05, 0.1) is 11.3 Å². The number of ether oxygens (including phenoxy) is 1. The Labute approximate surface area is 160 Å². The Morgan fingerprint density at radius 3 is 2.30 bits per heavy atom. The molecule has 0 radical (unpaired) electrons. The molecule has 4 aromatic rings. The summed E-state index contributed by atoms with van der Waals surface area (Å²) in [6, 6.07) is 22.7. The molecule has 27 heavy (non-hydrogen) atoms. The smallest absolute Gasteiger partial charge is 0.345 e. The van der Waals surface area contributed by atoms with E-state index in [0.29, 0.717) is 32.8 Å². The maximum Gasteiger partial charge on any atom is 0.345 e. The van der Waals surface area contributed by atoms with Crippen molar-refractivity contribution in [2.45, 2.75) is 0 Å². The molecule has 0 aliphatic carbocycles. The molecule has 0 N–H and O–H groups in total. The topological polar surface area (TPSA) is 48.3 Å². The first-order valence-electron chi connectivity index (χ1n) is 8.31. The van der Waals surface area contributed by atoms with Crippen molar-refractivity contribution in [3.8, 4) is 11.4 Å². The van der Waals surface area contributed by atoms with Crippen LogP contribution < -0.4 is 10.3 Å². The number of carbonyl (C=O) groups is 1. The number of fused-ring (bicyclic) bond motifs is 1. The van der Waals surface area contributed by atoms with Gasteiger partial charge < -0.3 is 4.74 Å². The zero-order valence-corrected chi connectivity index (χ0v) is 14.9. The van der Waals surface area contributed by atoms with Gasteiger partial charge in [0.25, 0.3) is 5.56 Å². The van der Waals surface area contributed by atoms with E-state index in [2.05, 4.69) is 0 Å². The number of benzene rings is 3. The van der Waals surface area contributed by atoms with Crippen LogP contribution in [-0.4, -0.2) is 10.5 Å². The highest BCUT2D eigenvalue weighted by atomic mass is 35.5. The largest absolute Gasteiger partial charge is 0.423 e. The molecule has 0 spiro atoms. The van der Waals surface area contributed by atoms with Gasteiger partial charge in [-0.15, -0.1) is 0 Å². The Bertz CT molecular complexity index is 1200. The molecule has 5 heteroatoms. The third-order valence-electron chi connectivity index (χ3n) is 4.18. The molecule has 132 valence electrons. The van der Waals surface area contributed by atoms with E-state index < -0.39 is 5.97 Å². The van der Waals surface area contributed by atoms with Crippen molar-refractivity contribution in [2.75, 3.05) is 0 Å². The van der Waals surface area contributed by atoms with Crippen molar-refractivity contribution in [2.24, 2.45) is 0 Å². The molecule has 0 atom stereocenters. The predicted octanol–water partition coefficient (Wildman–Crippen LogP) is 4.86. The average Bonchev–Trinajstić information content (AvgIpc) is 2.69. The van der Waals surface area contributed by atoms with E-state index in [1.165, 1.54) is 10.8 Å². The van der Waals surface area contributed by atoms with Crippen molar-refractivity contribution in [3.05, 3.63) is 106 Å². The second kappa shape index (κ2) is 7.09. The lowest BCUT2D eigenvalue weighted by Crippen LogP contribution is -2.22. The monoisotopic (exact) mass is 375 g/mol. The van der Waals surface area contributed by atoms with Gasteiger partial charge in [0, 0.05) is 22.0 Å². The van der Waals surface area contributed by atoms with Gasteiger partial charge >= 0.3 is 5.97 Å². The fourth-order valence-corrected chi connectivity index (χ4v) is 3.11. The van der Waals surface area contributed by atoms with Crippen molar-refractivity contribution >= 4 is 28.3 Å². The first-order chi connectivity index (χ1) is 13.1. The molecule has 0 unspecified atom stereocenters. The van der Waals surface area contributed by atoms with Crippen LogP contribution in [0.5, 0.6) is 5.75 Å². The quantitative estimate of drug-likeness (QED) is 0.379. The Balaban J connectivity index is 1.90. The van der Waals surface area contributed by atoms with Gasteiger partial charge in [-0.05, 0) is 36.4 Å². The van der Waals surface area contributed by atoms with Crippen LogP contribution in [0.2, 0.25) is 5.02 Å². The summed E-state index contributed by atoms with van der Waals surface area (Å²) in [7, 11) is 0. The lowest BCUT2D eigenvalue weighted by molar-refractivity contribution is 0.0736. The van der Waals surface area contributed by atoms with E-state index in [4.69, 9.17) is 16.3 Å². The van der Waals surface area contributed by atoms with E-state index in [1.807, 2.05) is 6.07 Å². The number of pyridine rings is 1. The van der Waals surface area contributed by atoms with Crippen molar-refractivity contribution in [1.82, 2.24) is 4.57 Å². The van der Waals surface area contributed by atoms with Crippen LogP contribution in [0.3, 0.4) is 0 Å². The standard InChI is InChI=1S/C22H14ClNO3/c23-15-7-6-8-16(13-15)24-14-20(18-11-4-5-12-19(18)21(24)25)22(26)27-17-9-2-1-3-10-17/h1-14H. The normalized spacial score (nSPS) is 10.7. The van der Waals surface area contributed by atoms with E-state index in [-0.39, 0.29) is 5.56 Å². The van der Waals surface area contributed by atoms with E-state index in [9.17, 15) is 9.59 Å². The Kier molecular flexibility index (Phi) is 4.48. The minimum atomic E-state index is -0.534. The molecule has 3 aromatic carbocycles. The van der Waals surface area contributed by atoms with Gasteiger partial charge in [-0.3, -0.25) is 9.36 Å². The second-order valence-electron chi connectivity index (χ2n) is 5.95. The molecule has 0 saturated heterocycles. The summed E-state index contributed by atoms with van der Waals surface area (Å²) >= 11 is 6.07. The lowest BCUT2D eigenvalue weighted by atomic mass is 10.1. The fraction of sp³-hybridized carbons (Fsp3) is 0. The average molecular weight is 376 g/mol. The number of para-hydroxylation sites is 1. The first kappa shape index (κ1) is 17.1. The molecule has 0 bridgehead atoms. The first-order valence-corrected chi connectivity index (χ1v) is 8.69. The van der Waals surface area contributed by atoms with Crippen LogP contribution >= 0.6 is 11.6 Å². The number of nitrogens with zero attached hydrogens (tertiary/aromatic N) is 1. The van der Waals surface area contributed by atoms with Crippen LogP contribution in [0.15, 0.2) is 89.9 Å². The van der Waals surface area contributed by atoms with E-state index in [0.717, 1.165) is 0 Å². The van der Waals surface area contributed by atoms with Gasteiger partial charge in [-0.2, -0.15) is 0 Å². The van der Waals surface area contributed by atoms with Gasteiger partial charge in [-0.1, -0.05) is 54.1 Å². The number of halogens is 1. The van der Waals surface area contributed by atoms with Crippen LogP contribution in [-0.2, 0) is 0 Å². The van der Waals surface area contributed by atoms with Gasteiger partial charge in [0.2, 0.25) is 0 Å². The summed E-state index contributed by atoms with van der Waals surface area (Å²) in [6.45, 7) is 0. The number of hydrogen-bond acceptors (Lipinski definition) is 3. The number of aromatic nitrogens is 1. The summed E-state index contributed by atoms with van der Waals surface area (Å²) in [5.74, 6) is -0.0970. The molecule has 0 amide bonds. The van der Waals surface area contributed by atoms with Gasteiger partial charge in [-0.25, -0.2) is 4.79 Å². The number of esters is 1.